The van der Waals surface area contributed by atoms with E-state index in [9.17, 15) is 0 Å². The van der Waals surface area contributed by atoms with Gasteiger partial charge < -0.3 is 10.3 Å². The Bertz CT molecular complexity index is 756. The van der Waals surface area contributed by atoms with Gasteiger partial charge in [-0.05, 0) is 29.3 Å². The summed E-state index contributed by atoms with van der Waals surface area (Å²) >= 11 is 1.52. The molecular weight excluding hydrogens is 282 g/mol. The Kier molecular flexibility index (Phi) is 3.51. The molecule has 0 aliphatic carbocycles. The molecule has 2 aromatic heterocycles. The third kappa shape index (κ3) is 2.56. The molecular formula is C16H17N3OS. The van der Waals surface area contributed by atoms with Crippen molar-refractivity contribution >= 4 is 17.0 Å². The Morgan fingerprint density at radius 2 is 1.90 bits per heavy atom. The number of nitrogens with zero attached hydrogens (tertiary/aromatic N) is 2. The van der Waals surface area contributed by atoms with Crippen LogP contribution >= 0.6 is 11.3 Å². The van der Waals surface area contributed by atoms with Crippen LogP contribution in [0.15, 0.2) is 34.2 Å². The van der Waals surface area contributed by atoms with Gasteiger partial charge in [0, 0.05) is 5.56 Å². The third-order valence-electron chi connectivity index (χ3n) is 3.48. The van der Waals surface area contributed by atoms with Gasteiger partial charge in [0.1, 0.15) is 4.88 Å². The Morgan fingerprint density at radius 3 is 2.48 bits per heavy atom. The fourth-order valence-corrected chi connectivity index (χ4v) is 2.96. The van der Waals surface area contributed by atoms with Gasteiger partial charge in [-0.25, -0.2) is 0 Å². The molecule has 0 radical (unpaired) electrons. The van der Waals surface area contributed by atoms with Crippen molar-refractivity contribution in [2.45, 2.75) is 26.7 Å². The molecule has 2 N–H and O–H groups in total. The van der Waals surface area contributed by atoms with Gasteiger partial charge in [0.2, 0.25) is 5.82 Å². The Balaban J connectivity index is 1.93. The van der Waals surface area contributed by atoms with E-state index in [1.165, 1.54) is 16.9 Å². The van der Waals surface area contributed by atoms with Crippen LogP contribution in [0.4, 0.5) is 5.69 Å². The van der Waals surface area contributed by atoms with Crippen molar-refractivity contribution in [2.24, 2.45) is 0 Å². The summed E-state index contributed by atoms with van der Waals surface area (Å²) < 4.78 is 5.35. The minimum Gasteiger partial charge on any atom is -0.397 e. The van der Waals surface area contributed by atoms with Crippen molar-refractivity contribution in [3.8, 4) is 22.2 Å². The predicted octanol–water partition coefficient (Wildman–Crippen LogP) is 4.48. The lowest BCUT2D eigenvalue weighted by molar-refractivity contribution is 0.433. The van der Waals surface area contributed by atoms with Crippen LogP contribution in [0.3, 0.4) is 0 Å². The summed E-state index contributed by atoms with van der Waals surface area (Å²) in [6.07, 6.45) is 0. The third-order valence-corrected chi connectivity index (χ3v) is 4.58. The SMILES string of the molecule is Cc1csc(-c2nc(-c3ccc(C(C)C)cc3)no2)c1N. The van der Waals surface area contributed by atoms with Crippen molar-refractivity contribution in [2.75, 3.05) is 5.73 Å². The van der Waals surface area contributed by atoms with E-state index in [2.05, 4.69) is 36.1 Å². The van der Waals surface area contributed by atoms with Crippen LogP contribution in [-0.2, 0) is 0 Å². The zero-order valence-electron chi connectivity index (χ0n) is 12.3. The number of rotatable bonds is 3. The number of hydrogen-bond acceptors (Lipinski definition) is 5. The van der Waals surface area contributed by atoms with Gasteiger partial charge in [0.05, 0.1) is 5.69 Å². The van der Waals surface area contributed by atoms with E-state index in [1.807, 2.05) is 24.4 Å². The zero-order chi connectivity index (χ0) is 15.0. The van der Waals surface area contributed by atoms with E-state index in [0.29, 0.717) is 23.3 Å². The fraction of sp³-hybridized carbons (Fsp3) is 0.250. The van der Waals surface area contributed by atoms with Crippen molar-refractivity contribution < 1.29 is 4.52 Å². The molecule has 0 saturated carbocycles. The molecule has 2 heterocycles. The van der Waals surface area contributed by atoms with Gasteiger partial charge in [-0.15, -0.1) is 11.3 Å². The summed E-state index contributed by atoms with van der Waals surface area (Å²) in [4.78, 5) is 5.29. The second-order valence-electron chi connectivity index (χ2n) is 5.36. The maximum atomic E-state index is 6.02. The maximum absolute atomic E-state index is 6.02. The molecule has 0 fully saturated rings. The average molecular weight is 299 g/mol. The molecule has 4 nitrogen and oxygen atoms in total. The number of thiophene rings is 1. The first-order valence-corrected chi connectivity index (χ1v) is 7.72. The van der Waals surface area contributed by atoms with Crippen molar-refractivity contribution in [3.63, 3.8) is 0 Å². The van der Waals surface area contributed by atoms with E-state index in [-0.39, 0.29) is 0 Å². The van der Waals surface area contributed by atoms with Crippen molar-refractivity contribution in [1.29, 1.82) is 0 Å². The highest BCUT2D eigenvalue weighted by Gasteiger charge is 2.16. The molecule has 21 heavy (non-hydrogen) atoms. The molecule has 0 saturated heterocycles. The molecule has 0 aliphatic heterocycles. The first-order valence-electron chi connectivity index (χ1n) is 6.84. The van der Waals surface area contributed by atoms with E-state index < -0.39 is 0 Å². The zero-order valence-corrected chi connectivity index (χ0v) is 13.1. The summed E-state index contributed by atoms with van der Waals surface area (Å²) in [5.74, 6) is 1.58. The number of nitrogen functional groups attached to an aromatic ring is 1. The lowest BCUT2D eigenvalue weighted by Gasteiger charge is -2.04. The molecule has 0 amide bonds. The number of hydrogen-bond donors (Lipinski definition) is 1. The Morgan fingerprint density at radius 1 is 1.19 bits per heavy atom. The van der Waals surface area contributed by atoms with Gasteiger partial charge in [-0.3, -0.25) is 0 Å². The van der Waals surface area contributed by atoms with E-state index in [1.54, 1.807) is 0 Å². The second kappa shape index (κ2) is 5.33. The summed E-state index contributed by atoms with van der Waals surface area (Å²) in [5.41, 5.74) is 10.0. The molecule has 1 aromatic carbocycles. The second-order valence-corrected chi connectivity index (χ2v) is 6.24. The van der Waals surface area contributed by atoms with Crippen LogP contribution in [0.5, 0.6) is 0 Å². The number of aromatic nitrogens is 2. The van der Waals surface area contributed by atoms with E-state index in [0.717, 1.165) is 16.0 Å². The van der Waals surface area contributed by atoms with Gasteiger partial charge >= 0.3 is 0 Å². The molecule has 0 bridgehead atoms. The minimum atomic E-state index is 0.480. The van der Waals surface area contributed by atoms with Crippen LogP contribution in [0.2, 0.25) is 0 Å². The topological polar surface area (TPSA) is 64.9 Å². The van der Waals surface area contributed by atoms with E-state index >= 15 is 0 Å². The first kappa shape index (κ1) is 13.8. The van der Waals surface area contributed by atoms with Gasteiger partial charge in [-0.1, -0.05) is 43.3 Å². The normalized spacial score (nSPS) is 11.2. The number of benzene rings is 1. The summed E-state index contributed by atoms with van der Waals surface area (Å²) in [5, 5.41) is 6.04. The lowest BCUT2D eigenvalue weighted by atomic mass is 10.0. The molecule has 3 rings (SSSR count). The van der Waals surface area contributed by atoms with Crippen LogP contribution in [0.25, 0.3) is 22.2 Å². The molecule has 108 valence electrons. The summed E-state index contributed by atoms with van der Waals surface area (Å²) in [6, 6.07) is 8.24. The van der Waals surface area contributed by atoms with Crippen LogP contribution in [-0.4, -0.2) is 10.1 Å². The van der Waals surface area contributed by atoms with Gasteiger partial charge in [0.25, 0.3) is 5.89 Å². The van der Waals surface area contributed by atoms with E-state index in [4.69, 9.17) is 10.3 Å². The Labute approximate surface area is 127 Å². The first-order chi connectivity index (χ1) is 10.1. The minimum absolute atomic E-state index is 0.480. The number of aryl methyl sites for hydroxylation is 1. The van der Waals surface area contributed by atoms with Crippen LogP contribution in [0, 0.1) is 6.92 Å². The molecule has 0 aliphatic rings. The molecule has 3 aromatic rings. The smallest absolute Gasteiger partial charge is 0.270 e. The largest absolute Gasteiger partial charge is 0.397 e. The lowest BCUT2D eigenvalue weighted by Crippen LogP contribution is -1.88. The number of anilines is 1. The molecule has 0 unspecified atom stereocenters. The van der Waals surface area contributed by atoms with Crippen LogP contribution < -0.4 is 5.73 Å². The molecule has 0 spiro atoms. The van der Waals surface area contributed by atoms with Crippen molar-refractivity contribution in [3.05, 3.63) is 40.8 Å². The number of nitrogens with two attached hydrogens (primary N) is 1. The summed E-state index contributed by atoms with van der Waals surface area (Å²) in [7, 11) is 0. The highest BCUT2D eigenvalue weighted by atomic mass is 32.1. The Hall–Kier alpha value is -2.14. The maximum Gasteiger partial charge on any atom is 0.270 e. The fourth-order valence-electron chi connectivity index (χ4n) is 2.07. The van der Waals surface area contributed by atoms with Crippen molar-refractivity contribution in [1.82, 2.24) is 10.1 Å². The monoisotopic (exact) mass is 299 g/mol. The summed E-state index contributed by atoms with van der Waals surface area (Å²) in [6.45, 7) is 6.31. The molecule has 5 heteroatoms. The average Bonchev–Trinajstić information content (AvgIpc) is 3.07. The highest BCUT2D eigenvalue weighted by molar-refractivity contribution is 7.14. The molecule has 0 atom stereocenters. The van der Waals surface area contributed by atoms with Gasteiger partial charge in [-0.2, -0.15) is 4.98 Å². The predicted molar refractivity (Wildman–Crippen MR) is 86.3 cm³/mol. The van der Waals surface area contributed by atoms with Crippen LogP contribution in [0.1, 0.15) is 30.9 Å². The van der Waals surface area contributed by atoms with Gasteiger partial charge in [0.15, 0.2) is 0 Å². The standard InChI is InChI=1S/C16H17N3OS/c1-9(2)11-4-6-12(7-5-11)15-18-16(20-19-15)14-13(17)10(3)8-21-14/h4-9H,17H2,1-3H3. The quantitative estimate of drug-likeness (QED) is 0.774. The highest BCUT2D eigenvalue weighted by Crippen LogP contribution is 2.34.